The van der Waals surface area contributed by atoms with Crippen LogP contribution in [-0.2, 0) is 26.2 Å². The lowest BCUT2D eigenvalue weighted by Gasteiger charge is -2.37. The predicted octanol–water partition coefficient (Wildman–Crippen LogP) is 4.16. The zero-order valence-electron chi connectivity index (χ0n) is 20.5. The van der Waals surface area contributed by atoms with E-state index in [0.29, 0.717) is 31.0 Å². The fourth-order valence-corrected chi connectivity index (χ4v) is 6.58. The Morgan fingerprint density at radius 3 is 2.31 bits per heavy atom. The Balaban J connectivity index is 1.93. The fourth-order valence-electron chi connectivity index (χ4n) is 3.94. The Morgan fingerprint density at radius 2 is 1.80 bits per heavy atom. The van der Waals surface area contributed by atoms with Crippen LogP contribution in [0, 0.1) is 16.6 Å². The number of likely N-dealkylation sites (tertiary alicyclic amines) is 1. The molecule has 0 bridgehead atoms. The molecule has 1 fully saturated rings. The third-order valence-electron chi connectivity index (χ3n) is 5.93. The molecule has 1 saturated heterocycles. The molecular formula is C24H34N4O5S2. The Kier molecular flexibility index (Phi) is 8.00. The van der Waals surface area contributed by atoms with Gasteiger partial charge in [0.1, 0.15) is 0 Å². The second-order valence-corrected chi connectivity index (χ2v) is 13.4. The fraction of sp³-hybridized carbons (Fsp3) is 0.458. The van der Waals surface area contributed by atoms with E-state index in [1.807, 2.05) is 32.9 Å². The molecule has 1 amide bonds. The van der Waals surface area contributed by atoms with E-state index < -0.39 is 25.8 Å². The van der Waals surface area contributed by atoms with E-state index in [2.05, 4.69) is 5.32 Å². The van der Waals surface area contributed by atoms with Crippen molar-refractivity contribution in [3.05, 3.63) is 48.0 Å². The summed E-state index contributed by atoms with van der Waals surface area (Å²) in [5.74, 6) is 0.157. The van der Waals surface area contributed by atoms with Gasteiger partial charge in [0.05, 0.1) is 30.9 Å². The number of rotatable bonds is 10. The summed E-state index contributed by atoms with van der Waals surface area (Å²) in [5, 5.41) is 12.1. The third kappa shape index (κ3) is 6.26. The number of aryl methyl sites for hydroxylation is 1. The molecule has 0 aromatic heterocycles. The molecule has 0 radical (unpaired) electrons. The Bertz CT molecular complexity index is 1270. The first-order valence-corrected chi connectivity index (χ1v) is 14.9. The largest absolute Gasteiger partial charge is 0.465 e. The number of hydrogen-bond donors (Lipinski definition) is 3. The molecule has 11 heteroatoms. The second kappa shape index (κ2) is 10.4. The van der Waals surface area contributed by atoms with Crippen molar-refractivity contribution in [2.24, 2.45) is 11.8 Å². The maximum atomic E-state index is 13.7. The van der Waals surface area contributed by atoms with Crippen LogP contribution < -0.4 is 9.62 Å². The van der Waals surface area contributed by atoms with Gasteiger partial charge in [0, 0.05) is 38.4 Å². The molecule has 1 unspecified atom stereocenters. The van der Waals surface area contributed by atoms with Crippen molar-refractivity contribution < 1.29 is 22.5 Å². The van der Waals surface area contributed by atoms with Crippen LogP contribution in [0.4, 0.5) is 16.2 Å². The zero-order chi connectivity index (χ0) is 26.0. The molecule has 1 atom stereocenters. The van der Waals surface area contributed by atoms with Crippen molar-refractivity contribution in [1.29, 1.82) is 4.78 Å². The molecule has 1 aliphatic heterocycles. The maximum Gasteiger partial charge on any atom is 0.407 e. The normalized spacial score (nSPS) is 16.0. The maximum absolute atomic E-state index is 13.7. The molecule has 3 rings (SSSR count). The summed E-state index contributed by atoms with van der Waals surface area (Å²) in [5.41, 5.74) is 2.07. The van der Waals surface area contributed by atoms with Gasteiger partial charge in [0.15, 0.2) is 0 Å². The monoisotopic (exact) mass is 522 g/mol. The van der Waals surface area contributed by atoms with Gasteiger partial charge in [-0.15, -0.1) is 0 Å². The zero-order valence-corrected chi connectivity index (χ0v) is 22.2. The first-order chi connectivity index (χ1) is 16.3. The number of benzene rings is 2. The molecule has 2 aromatic carbocycles. The lowest BCUT2D eigenvalue weighted by Crippen LogP contribution is -2.51. The van der Waals surface area contributed by atoms with Crippen LogP contribution >= 0.6 is 0 Å². The molecule has 0 aliphatic carbocycles. The van der Waals surface area contributed by atoms with Crippen molar-refractivity contribution in [3.8, 4) is 0 Å². The van der Waals surface area contributed by atoms with Crippen LogP contribution in [0.5, 0.6) is 0 Å². The number of sulfonamides is 1. The van der Waals surface area contributed by atoms with Crippen LogP contribution in [0.3, 0.4) is 0 Å². The van der Waals surface area contributed by atoms with E-state index in [9.17, 15) is 17.4 Å². The average Bonchev–Trinajstić information content (AvgIpc) is 2.75. The van der Waals surface area contributed by atoms with Gasteiger partial charge in [-0.05, 0) is 48.2 Å². The SMILES string of the molecule is CCc1ccc(N(CC(C)C)S(=O)(=O)c2ccc(NCC3CN(C(=O)O)C3)c(S(C)(=N)=O)c2)cc1. The summed E-state index contributed by atoms with van der Waals surface area (Å²) in [6.07, 6.45) is 1.14. The Labute approximate surface area is 208 Å². The Hall–Kier alpha value is -2.79. The van der Waals surface area contributed by atoms with Gasteiger partial charge in [-0.25, -0.2) is 22.2 Å². The van der Waals surface area contributed by atoms with Gasteiger partial charge in [-0.3, -0.25) is 4.31 Å². The minimum Gasteiger partial charge on any atom is -0.465 e. The van der Waals surface area contributed by atoms with Crippen LogP contribution in [-0.4, -0.2) is 61.2 Å². The number of carbonyl (C=O) groups is 1. The number of nitrogens with one attached hydrogen (secondary N) is 2. The second-order valence-electron chi connectivity index (χ2n) is 9.39. The molecule has 9 nitrogen and oxygen atoms in total. The standard InChI is InChI=1S/C24H34N4O5S2/c1-5-18-6-8-20(9-7-18)28(14-17(2)3)35(32,33)21-10-11-22(23(12-21)34(4,25)31)26-13-19-15-27(16-19)24(29)30/h6-12,17,19,25-26H,5,13-16H2,1-4H3,(H,29,30). The number of amides is 1. The molecule has 35 heavy (non-hydrogen) atoms. The number of anilines is 2. The minimum absolute atomic E-state index is 0.0270. The van der Waals surface area contributed by atoms with E-state index in [1.54, 1.807) is 18.2 Å². The van der Waals surface area contributed by atoms with E-state index >= 15 is 0 Å². The van der Waals surface area contributed by atoms with Crippen molar-refractivity contribution in [2.45, 2.75) is 37.0 Å². The molecule has 192 valence electrons. The number of nitrogens with zero attached hydrogens (tertiary/aromatic N) is 2. The van der Waals surface area contributed by atoms with Crippen LogP contribution in [0.15, 0.2) is 52.3 Å². The molecule has 2 aromatic rings. The minimum atomic E-state index is -3.99. The number of carboxylic acid groups (broad SMARTS) is 1. The summed E-state index contributed by atoms with van der Waals surface area (Å²) in [4.78, 5) is 12.3. The molecular weight excluding hydrogens is 488 g/mol. The van der Waals surface area contributed by atoms with Crippen LogP contribution in [0.25, 0.3) is 0 Å². The summed E-state index contributed by atoms with van der Waals surface area (Å²) in [7, 11) is -7.23. The summed E-state index contributed by atoms with van der Waals surface area (Å²) < 4.78 is 49.8. The summed E-state index contributed by atoms with van der Waals surface area (Å²) >= 11 is 0. The first kappa shape index (κ1) is 26.8. The highest BCUT2D eigenvalue weighted by molar-refractivity contribution is 7.93. The van der Waals surface area contributed by atoms with Gasteiger partial charge >= 0.3 is 6.09 Å². The van der Waals surface area contributed by atoms with Crippen molar-refractivity contribution >= 4 is 37.2 Å². The summed E-state index contributed by atoms with van der Waals surface area (Å²) in [6, 6.07) is 11.7. The molecule has 3 N–H and O–H groups in total. The van der Waals surface area contributed by atoms with Crippen LogP contribution in [0.1, 0.15) is 26.3 Å². The topological polar surface area (TPSA) is 131 Å². The molecule has 0 saturated carbocycles. The highest BCUT2D eigenvalue weighted by Gasteiger charge is 2.31. The van der Waals surface area contributed by atoms with Gasteiger partial charge in [0.25, 0.3) is 10.0 Å². The predicted molar refractivity (Wildman–Crippen MR) is 138 cm³/mol. The lowest BCUT2D eigenvalue weighted by atomic mass is 10.0. The van der Waals surface area contributed by atoms with E-state index in [0.717, 1.165) is 12.0 Å². The van der Waals surface area contributed by atoms with Crippen molar-refractivity contribution in [3.63, 3.8) is 0 Å². The molecule has 0 spiro atoms. The number of hydrogen-bond acceptors (Lipinski definition) is 6. The van der Waals surface area contributed by atoms with E-state index in [4.69, 9.17) is 9.89 Å². The first-order valence-electron chi connectivity index (χ1n) is 11.5. The van der Waals surface area contributed by atoms with E-state index in [-0.39, 0.29) is 28.2 Å². The van der Waals surface area contributed by atoms with Crippen LogP contribution in [0.2, 0.25) is 0 Å². The summed E-state index contributed by atoms with van der Waals surface area (Å²) in [6.45, 7) is 7.41. The quantitative estimate of drug-likeness (QED) is 0.429. The molecule has 1 heterocycles. The Morgan fingerprint density at radius 1 is 1.17 bits per heavy atom. The van der Waals surface area contributed by atoms with Gasteiger partial charge in [0.2, 0.25) is 0 Å². The van der Waals surface area contributed by atoms with Crippen molar-refractivity contribution in [1.82, 2.24) is 4.90 Å². The smallest absolute Gasteiger partial charge is 0.407 e. The molecule has 1 aliphatic rings. The third-order valence-corrected chi connectivity index (χ3v) is 8.90. The average molecular weight is 523 g/mol. The van der Waals surface area contributed by atoms with Gasteiger partial charge in [-0.1, -0.05) is 32.9 Å². The highest BCUT2D eigenvalue weighted by Crippen LogP contribution is 2.31. The van der Waals surface area contributed by atoms with E-state index in [1.165, 1.54) is 27.6 Å². The lowest BCUT2D eigenvalue weighted by molar-refractivity contribution is 0.0864. The van der Waals surface area contributed by atoms with Gasteiger partial charge < -0.3 is 15.3 Å². The highest BCUT2D eigenvalue weighted by atomic mass is 32.2. The van der Waals surface area contributed by atoms with Crippen molar-refractivity contribution in [2.75, 3.05) is 42.1 Å². The van der Waals surface area contributed by atoms with Gasteiger partial charge in [-0.2, -0.15) is 0 Å².